The third-order valence-electron chi connectivity index (χ3n) is 1.92. The number of hydrogen-bond donors (Lipinski definition) is 2. The highest BCUT2D eigenvalue weighted by atomic mass is 16.2. The zero-order valence-corrected chi connectivity index (χ0v) is 8.33. The summed E-state index contributed by atoms with van der Waals surface area (Å²) in [7, 11) is 3.26. The topological polar surface area (TPSA) is 75.4 Å². The van der Waals surface area contributed by atoms with Gasteiger partial charge in [0.2, 0.25) is 11.8 Å². The van der Waals surface area contributed by atoms with Crippen LogP contribution in [-0.2, 0) is 9.59 Å². The Bertz CT molecular complexity index is 194. The molecule has 0 aliphatic carbocycles. The minimum Gasteiger partial charge on any atom is -0.368 e. The summed E-state index contributed by atoms with van der Waals surface area (Å²) in [5.41, 5.74) is 5.15. The number of likely N-dealkylation sites (N-methyl/N-ethyl adjacent to an activating group) is 2. The van der Waals surface area contributed by atoms with Crippen molar-refractivity contribution in [2.24, 2.45) is 5.73 Å². The van der Waals surface area contributed by atoms with Crippen molar-refractivity contribution >= 4 is 11.8 Å². The average molecular weight is 187 g/mol. The van der Waals surface area contributed by atoms with E-state index in [2.05, 4.69) is 5.32 Å². The van der Waals surface area contributed by atoms with Gasteiger partial charge in [-0.3, -0.25) is 14.5 Å². The fourth-order valence-electron chi connectivity index (χ4n) is 1.15. The maximum atomic E-state index is 11.0. The predicted octanol–water partition coefficient (Wildman–Crippen LogP) is -1.07. The molecular formula is C8H17N3O2. The molecule has 0 aliphatic rings. The highest BCUT2D eigenvalue weighted by Crippen LogP contribution is 1.99. The third-order valence-corrected chi connectivity index (χ3v) is 1.92. The first-order chi connectivity index (χ1) is 6.02. The molecule has 2 amide bonds. The van der Waals surface area contributed by atoms with Crippen LogP contribution in [0, 0.1) is 0 Å². The minimum atomic E-state index is -0.395. The smallest absolute Gasteiger partial charge is 0.234 e. The van der Waals surface area contributed by atoms with Crippen molar-refractivity contribution in [1.29, 1.82) is 0 Å². The number of nitrogens with two attached hydrogens (primary N) is 1. The maximum Gasteiger partial charge on any atom is 0.234 e. The molecule has 0 aromatic heterocycles. The van der Waals surface area contributed by atoms with Crippen molar-refractivity contribution in [1.82, 2.24) is 10.2 Å². The molecule has 0 heterocycles. The van der Waals surface area contributed by atoms with Crippen molar-refractivity contribution in [2.45, 2.75) is 19.4 Å². The van der Waals surface area contributed by atoms with Gasteiger partial charge in [-0.05, 0) is 13.5 Å². The van der Waals surface area contributed by atoms with Gasteiger partial charge >= 0.3 is 0 Å². The number of carbonyl (C=O) groups is 2. The Morgan fingerprint density at radius 3 is 2.38 bits per heavy atom. The second kappa shape index (κ2) is 5.53. The highest BCUT2D eigenvalue weighted by molar-refractivity contribution is 5.82. The summed E-state index contributed by atoms with van der Waals surface area (Å²) >= 11 is 0. The van der Waals surface area contributed by atoms with Gasteiger partial charge in [0.15, 0.2) is 0 Å². The SMILES string of the molecule is CCC(C(N)=O)N(C)CC(=O)NC. The number of primary amides is 1. The molecule has 0 saturated heterocycles. The number of carbonyl (C=O) groups excluding carboxylic acids is 2. The van der Waals surface area contributed by atoms with E-state index in [1.165, 1.54) is 0 Å². The lowest BCUT2D eigenvalue weighted by Crippen LogP contribution is -2.46. The van der Waals surface area contributed by atoms with Crippen molar-refractivity contribution < 1.29 is 9.59 Å². The molecule has 0 saturated carbocycles. The number of rotatable bonds is 5. The van der Waals surface area contributed by atoms with Crippen molar-refractivity contribution in [2.75, 3.05) is 20.6 Å². The largest absolute Gasteiger partial charge is 0.368 e. The first-order valence-corrected chi connectivity index (χ1v) is 4.23. The fraction of sp³-hybridized carbons (Fsp3) is 0.750. The summed E-state index contributed by atoms with van der Waals surface area (Å²) in [5, 5.41) is 2.48. The molecule has 0 radical (unpaired) electrons. The Labute approximate surface area is 78.3 Å². The standard InChI is InChI=1S/C8H17N3O2/c1-4-6(8(9)13)11(3)5-7(12)10-2/h6H,4-5H2,1-3H3,(H2,9,13)(H,10,12). The summed E-state index contributed by atoms with van der Waals surface area (Å²) in [6, 6.07) is -0.364. The molecule has 0 rings (SSSR count). The van der Waals surface area contributed by atoms with E-state index in [0.29, 0.717) is 6.42 Å². The van der Waals surface area contributed by atoms with Crippen LogP contribution >= 0.6 is 0 Å². The summed E-state index contributed by atoms with van der Waals surface area (Å²) in [4.78, 5) is 23.5. The Balaban J connectivity index is 4.13. The molecular weight excluding hydrogens is 170 g/mol. The molecule has 1 atom stereocenters. The molecule has 0 bridgehead atoms. The fourth-order valence-corrected chi connectivity index (χ4v) is 1.15. The number of nitrogens with zero attached hydrogens (tertiary/aromatic N) is 1. The van der Waals surface area contributed by atoms with Crippen LogP contribution in [0.5, 0.6) is 0 Å². The number of hydrogen-bond acceptors (Lipinski definition) is 3. The number of amides is 2. The zero-order valence-electron chi connectivity index (χ0n) is 8.33. The second-order valence-electron chi connectivity index (χ2n) is 2.91. The van der Waals surface area contributed by atoms with Gasteiger partial charge in [0.25, 0.3) is 0 Å². The van der Waals surface area contributed by atoms with Gasteiger partial charge in [0.1, 0.15) is 0 Å². The highest BCUT2D eigenvalue weighted by Gasteiger charge is 2.19. The van der Waals surface area contributed by atoms with E-state index >= 15 is 0 Å². The summed E-state index contributed by atoms with van der Waals surface area (Å²) < 4.78 is 0. The Morgan fingerprint density at radius 1 is 1.54 bits per heavy atom. The van der Waals surface area contributed by atoms with Gasteiger partial charge < -0.3 is 11.1 Å². The van der Waals surface area contributed by atoms with E-state index in [1.807, 2.05) is 6.92 Å². The van der Waals surface area contributed by atoms with Crippen LogP contribution in [-0.4, -0.2) is 43.4 Å². The molecule has 3 N–H and O–H groups in total. The van der Waals surface area contributed by atoms with Crippen molar-refractivity contribution in [3.8, 4) is 0 Å². The van der Waals surface area contributed by atoms with Gasteiger partial charge in [0.05, 0.1) is 12.6 Å². The zero-order chi connectivity index (χ0) is 10.4. The van der Waals surface area contributed by atoms with Crippen LogP contribution < -0.4 is 11.1 Å². The Hall–Kier alpha value is -1.10. The van der Waals surface area contributed by atoms with E-state index in [0.717, 1.165) is 0 Å². The lowest BCUT2D eigenvalue weighted by Gasteiger charge is -2.23. The van der Waals surface area contributed by atoms with Crippen molar-refractivity contribution in [3.63, 3.8) is 0 Å². The van der Waals surface area contributed by atoms with Gasteiger partial charge in [-0.1, -0.05) is 6.92 Å². The van der Waals surface area contributed by atoms with Crippen LogP contribution in [0.1, 0.15) is 13.3 Å². The first kappa shape index (κ1) is 11.9. The van der Waals surface area contributed by atoms with Crippen LogP contribution in [0.3, 0.4) is 0 Å². The Morgan fingerprint density at radius 2 is 2.08 bits per heavy atom. The summed E-state index contributed by atoms with van der Waals surface area (Å²) in [6.07, 6.45) is 0.614. The average Bonchev–Trinajstić information content (AvgIpc) is 2.04. The predicted molar refractivity (Wildman–Crippen MR) is 50.0 cm³/mol. The molecule has 0 spiro atoms. The van der Waals surface area contributed by atoms with Gasteiger partial charge in [-0.25, -0.2) is 0 Å². The van der Waals surface area contributed by atoms with Gasteiger partial charge in [-0.15, -0.1) is 0 Å². The van der Waals surface area contributed by atoms with E-state index in [9.17, 15) is 9.59 Å². The molecule has 0 aliphatic heterocycles. The third kappa shape index (κ3) is 3.89. The molecule has 0 aromatic carbocycles. The van der Waals surface area contributed by atoms with Crippen LogP contribution in [0.25, 0.3) is 0 Å². The van der Waals surface area contributed by atoms with Gasteiger partial charge in [0, 0.05) is 7.05 Å². The van der Waals surface area contributed by atoms with Gasteiger partial charge in [-0.2, -0.15) is 0 Å². The van der Waals surface area contributed by atoms with Crippen LogP contribution in [0.2, 0.25) is 0 Å². The van der Waals surface area contributed by atoms with E-state index < -0.39 is 5.91 Å². The summed E-state index contributed by atoms with van der Waals surface area (Å²) in [6.45, 7) is 2.05. The van der Waals surface area contributed by atoms with E-state index in [4.69, 9.17) is 5.73 Å². The lowest BCUT2D eigenvalue weighted by atomic mass is 10.2. The van der Waals surface area contributed by atoms with Crippen LogP contribution in [0.15, 0.2) is 0 Å². The van der Waals surface area contributed by atoms with Crippen molar-refractivity contribution in [3.05, 3.63) is 0 Å². The molecule has 13 heavy (non-hydrogen) atoms. The quantitative estimate of drug-likeness (QED) is 0.575. The molecule has 0 aromatic rings. The molecule has 1 unspecified atom stereocenters. The maximum absolute atomic E-state index is 11.0. The molecule has 5 heteroatoms. The van der Waals surface area contributed by atoms with E-state index in [-0.39, 0.29) is 18.5 Å². The number of nitrogens with one attached hydrogen (secondary N) is 1. The molecule has 76 valence electrons. The monoisotopic (exact) mass is 187 g/mol. The Kier molecular flexibility index (Phi) is 5.06. The molecule has 5 nitrogen and oxygen atoms in total. The minimum absolute atomic E-state index is 0.123. The molecule has 0 fully saturated rings. The summed E-state index contributed by atoms with van der Waals surface area (Å²) in [5.74, 6) is -0.517. The second-order valence-corrected chi connectivity index (χ2v) is 2.91. The first-order valence-electron chi connectivity index (χ1n) is 4.23. The normalized spacial score (nSPS) is 12.6. The van der Waals surface area contributed by atoms with Crippen LogP contribution in [0.4, 0.5) is 0 Å². The lowest BCUT2D eigenvalue weighted by molar-refractivity contribution is -0.126. The van der Waals surface area contributed by atoms with E-state index in [1.54, 1.807) is 19.0 Å².